The number of hydrogen-bond donors (Lipinski definition) is 1. The van der Waals surface area contributed by atoms with Crippen molar-refractivity contribution in [2.75, 3.05) is 6.54 Å². The van der Waals surface area contributed by atoms with Gasteiger partial charge in [0.2, 0.25) is 5.91 Å². The van der Waals surface area contributed by atoms with Crippen LogP contribution >= 0.6 is 23.4 Å². The molecule has 4 rings (SSSR count). The minimum atomic E-state index is 0.0789. The molecule has 1 amide bonds. The van der Waals surface area contributed by atoms with Crippen LogP contribution < -0.4 is 5.32 Å². The summed E-state index contributed by atoms with van der Waals surface area (Å²) in [6, 6.07) is 16.2. The molecule has 1 saturated carbocycles. The molecule has 0 atom stereocenters. The molecule has 0 unspecified atom stereocenters. The number of carbonyl (C=O) groups excluding carboxylic acids is 1. The molecule has 7 heteroatoms. The van der Waals surface area contributed by atoms with Crippen molar-refractivity contribution in [1.29, 1.82) is 0 Å². The van der Waals surface area contributed by atoms with Gasteiger partial charge in [-0.25, -0.2) is 0 Å². The van der Waals surface area contributed by atoms with Crippen LogP contribution in [0.5, 0.6) is 0 Å². The van der Waals surface area contributed by atoms with Crippen LogP contribution in [0.25, 0.3) is 5.69 Å². The maximum atomic E-state index is 12.5. The van der Waals surface area contributed by atoms with E-state index in [1.165, 1.54) is 43.2 Å². The third kappa shape index (κ3) is 6.84. The van der Waals surface area contributed by atoms with Gasteiger partial charge in [-0.15, -0.1) is 10.2 Å². The molecular formula is C26H31ClN4OS. The molecule has 0 radical (unpaired) electrons. The number of thioether (sulfide) groups is 1. The normalized spacial score (nSPS) is 14.4. The second-order valence-electron chi connectivity index (χ2n) is 8.80. The molecule has 0 aliphatic heterocycles. The number of amides is 1. The van der Waals surface area contributed by atoms with Gasteiger partial charge in [-0.2, -0.15) is 0 Å². The van der Waals surface area contributed by atoms with Crippen LogP contribution in [0.4, 0.5) is 0 Å². The number of aryl methyl sites for hydroxylation is 2. The Morgan fingerprint density at radius 3 is 2.73 bits per heavy atom. The van der Waals surface area contributed by atoms with E-state index < -0.39 is 0 Å². The van der Waals surface area contributed by atoms with Crippen LogP contribution in [0, 0.1) is 12.8 Å². The van der Waals surface area contributed by atoms with Crippen molar-refractivity contribution in [2.24, 2.45) is 5.92 Å². The SMILES string of the molecule is Cc1cccc(CSc2nnc(CCC(=O)NCC3CCCCC3)n2-c2cccc(Cl)c2)c1. The Balaban J connectivity index is 1.44. The summed E-state index contributed by atoms with van der Waals surface area (Å²) in [4.78, 5) is 12.5. The molecule has 0 bridgehead atoms. The predicted octanol–water partition coefficient (Wildman–Crippen LogP) is 6.15. The van der Waals surface area contributed by atoms with E-state index in [2.05, 4.69) is 46.7 Å². The van der Waals surface area contributed by atoms with Gasteiger partial charge in [-0.3, -0.25) is 9.36 Å². The second kappa shape index (κ2) is 11.7. The fourth-order valence-corrected chi connectivity index (χ4v) is 5.44. The molecule has 33 heavy (non-hydrogen) atoms. The highest BCUT2D eigenvalue weighted by molar-refractivity contribution is 7.98. The van der Waals surface area contributed by atoms with Crippen molar-refractivity contribution >= 4 is 29.3 Å². The molecule has 1 aliphatic rings. The van der Waals surface area contributed by atoms with Crippen LogP contribution in [0.15, 0.2) is 53.7 Å². The molecule has 2 aromatic carbocycles. The quantitative estimate of drug-likeness (QED) is 0.371. The zero-order valence-electron chi connectivity index (χ0n) is 19.1. The fraction of sp³-hybridized carbons (Fsp3) is 0.423. The van der Waals surface area contributed by atoms with Gasteiger partial charge in [0.25, 0.3) is 0 Å². The summed E-state index contributed by atoms with van der Waals surface area (Å²) in [5.74, 6) is 2.27. The summed E-state index contributed by atoms with van der Waals surface area (Å²) in [6.45, 7) is 2.89. The highest BCUT2D eigenvalue weighted by Crippen LogP contribution is 2.27. The molecule has 0 spiro atoms. The van der Waals surface area contributed by atoms with Crippen molar-refractivity contribution in [2.45, 2.75) is 62.8 Å². The summed E-state index contributed by atoms with van der Waals surface area (Å²) in [6.07, 6.45) is 7.27. The molecule has 3 aromatic rings. The first kappa shape index (κ1) is 23.8. The number of rotatable bonds is 9. The second-order valence-corrected chi connectivity index (χ2v) is 10.2. The van der Waals surface area contributed by atoms with Gasteiger partial charge >= 0.3 is 0 Å². The average Bonchev–Trinajstić information content (AvgIpc) is 3.23. The van der Waals surface area contributed by atoms with Crippen LogP contribution in [0.3, 0.4) is 0 Å². The molecule has 0 saturated heterocycles. The summed E-state index contributed by atoms with van der Waals surface area (Å²) in [7, 11) is 0. The molecule has 5 nitrogen and oxygen atoms in total. The first-order valence-electron chi connectivity index (χ1n) is 11.7. The summed E-state index contributed by atoms with van der Waals surface area (Å²) >= 11 is 7.91. The van der Waals surface area contributed by atoms with Crippen LogP contribution in [0.1, 0.15) is 55.5 Å². The number of halogens is 1. The highest BCUT2D eigenvalue weighted by atomic mass is 35.5. The Hall–Kier alpha value is -2.31. The maximum absolute atomic E-state index is 12.5. The smallest absolute Gasteiger partial charge is 0.220 e. The fourth-order valence-electron chi connectivity index (χ4n) is 4.34. The molecule has 1 heterocycles. The molecule has 1 aromatic heterocycles. The Morgan fingerprint density at radius 2 is 1.94 bits per heavy atom. The van der Waals surface area contributed by atoms with Gasteiger partial charge in [-0.1, -0.05) is 78.5 Å². The maximum Gasteiger partial charge on any atom is 0.220 e. The lowest BCUT2D eigenvalue weighted by atomic mass is 9.89. The lowest BCUT2D eigenvalue weighted by Crippen LogP contribution is -2.30. The van der Waals surface area contributed by atoms with E-state index in [1.54, 1.807) is 11.8 Å². The highest BCUT2D eigenvalue weighted by Gasteiger charge is 2.18. The van der Waals surface area contributed by atoms with E-state index in [-0.39, 0.29) is 5.91 Å². The molecule has 1 fully saturated rings. The Morgan fingerprint density at radius 1 is 1.12 bits per heavy atom. The minimum Gasteiger partial charge on any atom is -0.356 e. The van der Waals surface area contributed by atoms with E-state index in [4.69, 9.17) is 11.6 Å². The Kier molecular flexibility index (Phi) is 8.46. The van der Waals surface area contributed by atoms with Crippen molar-refractivity contribution in [3.63, 3.8) is 0 Å². The minimum absolute atomic E-state index is 0.0789. The third-order valence-corrected chi connectivity index (χ3v) is 7.34. The zero-order chi connectivity index (χ0) is 23.0. The topological polar surface area (TPSA) is 59.8 Å². The van der Waals surface area contributed by atoms with Crippen LogP contribution in [0.2, 0.25) is 5.02 Å². The standard InChI is InChI=1S/C26H31ClN4OS/c1-19-7-5-10-21(15-19)18-33-26-30-29-24(31(26)23-12-6-11-22(27)16-23)13-14-25(32)28-17-20-8-3-2-4-9-20/h5-7,10-12,15-16,20H,2-4,8-9,13-14,17-18H2,1H3,(H,28,32). The van der Waals surface area contributed by atoms with E-state index >= 15 is 0 Å². The Labute approximate surface area is 205 Å². The number of nitrogens with one attached hydrogen (secondary N) is 1. The summed E-state index contributed by atoms with van der Waals surface area (Å²) in [5, 5.41) is 13.5. The van der Waals surface area contributed by atoms with Gasteiger partial charge < -0.3 is 5.32 Å². The van der Waals surface area contributed by atoms with Gasteiger partial charge in [0.15, 0.2) is 5.16 Å². The van der Waals surface area contributed by atoms with E-state index in [0.29, 0.717) is 23.8 Å². The Bertz CT molecular complexity index is 1080. The number of carbonyl (C=O) groups is 1. The first-order valence-corrected chi connectivity index (χ1v) is 13.1. The third-order valence-electron chi connectivity index (χ3n) is 6.11. The number of nitrogens with zero attached hydrogens (tertiary/aromatic N) is 3. The molecule has 174 valence electrons. The largest absolute Gasteiger partial charge is 0.356 e. The van der Waals surface area contributed by atoms with Crippen LogP contribution in [-0.4, -0.2) is 27.2 Å². The number of benzene rings is 2. The van der Waals surface area contributed by atoms with Gasteiger partial charge in [0, 0.05) is 30.2 Å². The summed E-state index contributed by atoms with van der Waals surface area (Å²) < 4.78 is 2.03. The first-order chi connectivity index (χ1) is 16.1. The lowest BCUT2D eigenvalue weighted by Gasteiger charge is -2.21. The number of hydrogen-bond acceptors (Lipinski definition) is 4. The molecule has 1 N–H and O–H groups in total. The summed E-state index contributed by atoms with van der Waals surface area (Å²) in [5.41, 5.74) is 3.39. The van der Waals surface area contributed by atoms with Gasteiger partial charge in [0.05, 0.1) is 5.69 Å². The zero-order valence-corrected chi connectivity index (χ0v) is 20.7. The van der Waals surface area contributed by atoms with Crippen molar-refractivity contribution in [3.8, 4) is 5.69 Å². The van der Waals surface area contributed by atoms with Crippen molar-refractivity contribution in [1.82, 2.24) is 20.1 Å². The van der Waals surface area contributed by atoms with E-state index in [1.807, 2.05) is 28.8 Å². The van der Waals surface area contributed by atoms with Crippen molar-refractivity contribution < 1.29 is 4.79 Å². The molecular weight excluding hydrogens is 452 g/mol. The van der Waals surface area contributed by atoms with Crippen molar-refractivity contribution in [3.05, 3.63) is 70.5 Å². The van der Waals surface area contributed by atoms with Crippen LogP contribution in [-0.2, 0) is 17.0 Å². The van der Waals surface area contributed by atoms with E-state index in [9.17, 15) is 4.79 Å². The number of aromatic nitrogens is 3. The lowest BCUT2D eigenvalue weighted by molar-refractivity contribution is -0.121. The van der Waals surface area contributed by atoms with Gasteiger partial charge in [0.1, 0.15) is 5.82 Å². The van der Waals surface area contributed by atoms with Gasteiger partial charge in [-0.05, 0) is 49.4 Å². The monoisotopic (exact) mass is 482 g/mol. The predicted molar refractivity (Wildman–Crippen MR) is 135 cm³/mol. The average molecular weight is 483 g/mol. The molecule has 1 aliphatic carbocycles. The van der Waals surface area contributed by atoms with E-state index in [0.717, 1.165) is 29.0 Å².